The zero-order valence-corrected chi connectivity index (χ0v) is 8.17. The van der Waals surface area contributed by atoms with E-state index in [1.165, 1.54) is 6.42 Å². The third-order valence-corrected chi connectivity index (χ3v) is 2.59. The maximum Gasteiger partial charge on any atom is 0.293 e. The van der Waals surface area contributed by atoms with Crippen molar-refractivity contribution in [3.8, 4) is 0 Å². The predicted molar refractivity (Wildman–Crippen MR) is 47.7 cm³/mol. The van der Waals surface area contributed by atoms with Crippen molar-refractivity contribution in [3.05, 3.63) is 0 Å². The maximum absolute atomic E-state index is 10.2. The van der Waals surface area contributed by atoms with Gasteiger partial charge in [0.25, 0.3) is 6.47 Å². The van der Waals surface area contributed by atoms with E-state index < -0.39 is 0 Å². The first-order valence-corrected chi connectivity index (χ1v) is 4.62. The molecule has 1 rings (SSSR count). The zero-order valence-electron chi connectivity index (χ0n) is 8.17. The molecule has 2 nitrogen and oxygen atoms in total. The number of hydrogen-bond acceptors (Lipinski definition) is 2. The first-order chi connectivity index (χ1) is 5.53. The van der Waals surface area contributed by atoms with Crippen LogP contribution >= 0.6 is 0 Å². The van der Waals surface area contributed by atoms with Crippen molar-refractivity contribution < 1.29 is 9.53 Å². The van der Waals surface area contributed by atoms with Crippen LogP contribution in [-0.4, -0.2) is 12.6 Å². The summed E-state index contributed by atoms with van der Waals surface area (Å²) in [6, 6.07) is 0. The van der Waals surface area contributed by atoms with Crippen molar-refractivity contribution in [1.29, 1.82) is 0 Å². The van der Waals surface area contributed by atoms with Crippen molar-refractivity contribution in [2.75, 3.05) is 0 Å². The van der Waals surface area contributed by atoms with Gasteiger partial charge in [0.2, 0.25) is 0 Å². The summed E-state index contributed by atoms with van der Waals surface area (Å²) in [5.41, 5.74) is 0.339. The molecule has 0 radical (unpaired) electrons. The topological polar surface area (TPSA) is 26.3 Å². The van der Waals surface area contributed by atoms with Crippen LogP contribution in [0.15, 0.2) is 0 Å². The van der Waals surface area contributed by atoms with E-state index in [9.17, 15) is 4.79 Å². The lowest BCUT2D eigenvalue weighted by Gasteiger charge is -2.37. The molecule has 0 heterocycles. The Morgan fingerprint density at radius 2 is 2.08 bits per heavy atom. The summed E-state index contributed by atoms with van der Waals surface area (Å²) < 4.78 is 5.01. The first-order valence-electron chi connectivity index (χ1n) is 4.62. The summed E-state index contributed by atoms with van der Waals surface area (Å²) in [4.78, 5) is 10.2. The van der Waals surface area contributed by atoms with Crippen LogP contribution in [0.4, 0.5) is 0 Å². The van der Waals surface area contributed by atoms with Gasteiger partial charge in [-0.2, -0.15) is 0 Å². The second-order valence-electron chi connectivity index (χ2n) is 4.77. The van der Waals surface area contributed by atoms with E-state index in [0.29, 0.717) is 17.8 Å². The molecule has 0 spiro atoms. The average molecular weight is 170 g/mol. The van der Waals surface area contributed by atoms with Crippen LogP contribution in [0.3, 0.4) is 0 Å². The van der Waals surface area contributed by atoms with Crippen LogP contribution in [0, 0.1) is 11.3 Å². The molecule has 0 N–H and O–H groups in total. The highest BCUT2D eigenvalue weighted by atomic mass is 16.5. The van der Waals surface area contributed by atoms with Crippen LogP contribution in [0.2, 0.25) is 0 Å². The Labute approximate surface area is 74.3 Å². The van der Waals surface area contributed by atoms with Gasteiger partial charge in [-0.25, -0.2) is 0 Å². The smallest absolute Gasteiger partial charge is 0.293 e. The number of carbonyl (C=O) groups is 1. The van der Waals surface area contributed by atoms with Gasteiger partial charge in [0.05, 0.1) is 0 Å². The largest absolute Gasteiger partial charge is 0.465 e. The summed E-state index contributed by atoms with van der Waals surface area (Å²) in [6.07, 6.45) is 3.44. The fraction of sp³-hybridized carbons (Fsp3) is 0.900. The minimum Gasteiger partial charge on any atom is -0.465 e. The van der Waals surface area contributed by atoms with Crippen LogP contribution in [0.1, 0.15) is 40.0 Å². The van der Waals surface area contributed by atoms with Gasteiger partial charge < -0.3 is 4.74 Å². The van der Waals surface area contributed by atoms with Gasteiger partial charge in [0.1, 0.15) is 6.10 Å². The van der Waals surface area contributed by atoms with Gasteiger partial charge in [-0.3, -0.25) is 4.79 Å². The molecule has 0 saturated heterocycles. The molecular formula is C10H18O2. The summed E-state index contributed by atoms with van der Waals surface area (Å²) in [5, 5.41) is 0. The van der Waals surface area contributed by atoms with E-state index >= 15 is 0 Å². The molecule has 1 fully saturated rings. The number of rotatable bonds is 2. The predicted octanol–water partition coefficient (Wildman–Crippen LogP) is 2.37. The molecule has 0 unspecified atom stereocenters. The highest BCUT2D eigenvalue weighted by Crippen LogP contribution is 2.39. The standard InChI is InChI=1S/C10H18O2/c1-8-4-9(12-7-11)6-10(2,3)5-8/h7-9H,4-6H2,1-3H3/t8-,9+/m0/s1. The molecule has 0 aliphatic heterocycles. The number of ether oxygens (including phenoxy) is 1. The number of carbonyl (C=O) groups excluding carboxylic acids is 1. The molecule has 70 valence electrons. The molecule has 2 atom stereocenters. The Kier molecular flexibility index (Phi) is 2.76. The minimum atomic E-state index is 0.154. The molecule has 0 aromatic rings. The Bertz CT molecular complexity index is 163. The van der Waals surface area contributed by atoms with E-state index in [1.54, 1.807) is 0 Å². The van der Waals surface area contributed by atoms with Gasteiger partial charge in [0, 0.05) is 0 Å². The van der Waals surface area contributed by atoms with Crippen LogP contribution in [0.25, 0.3) is 0 Å². The normalized spacial score (nSPS) is 34.2. The third kappa shape index (κ3) is 2.50. The highest BCUT2D eigenvalue weighted by Gasteiger charge is 2.32. The van der Waals surface area contributed by atoms with E-state index in [4.69, 9.17) is 4.74 Å². The lowest BCUT2D eigenvalue weighted by Crippen LogP contribution is -2.32. The van der Waals surface area contributed by atoms with Gasteiger partial charge >= 0.3 is 0 Å². The molecule has 0 amide bonds. The van der Waals surface area contributed by atoms with Gasteiger partial charge in [-0.15, -0.1) is 0 Å². The number of hydrogen-bond donors (Lipinski definition) is 0. The summed E-state index contributed by atoms with van der Waals surface area (Å²) >= 11 is 0. The lowest BCUT2D eigenvalue weighted by molar-refractivity contribution is -0.137. The molecule has 1 saturated carbocycles. The molecule has 1 aliphatic carbocycles. The average Bonchev–Trinajstić information content (AvgIpc) is 1.82. The van der Waals surface area contributed by atoms with Crippen LogP contribution in [0.5, 0.6) is 0 Å². The molecule has 1 aliphatic rings. The minimum absolute atomic E-state index is 0.154. The van der Waals surface area contributed by atoms with Crippen molar-refractivity contribution in [1.82, 2.24) is 0 Å². The van der Waals surface area contributed by atoms with E-state index in [-0.39, 0.29) is 6.10 Å². The summed E-state index contributed by atoms with van der Waals surface area (Å²) in [5.74, 6) is 0.679. The quantitative estimate of drug-likeness (QED) is 0.595. The Morgan fingerprint density at radius 3 is 2.58 bits per heavy atom. The Hall–Kier alpha value is -0.530. The van der Waals surface area contributed by atoms with Gasteiger partial charge in [-0.05, 0) is 30.6 Å². The summed E-state index contributed by atoms with van der Waals surface area (Å²) in [6.45, 7) is 7.29. The molecule has 0 aromatic carbocycles. The summed E-state index contributed by atoms with van der Waals surface area (Å²) in [7, 11) is 0. The van der Waals surface area contributed by atoms with Crippen molar-refractivity contribution in [3.63, 3.8) is 0 Å². The van der Waals surface area contributed by atoms with Crippen LogP contribution in [-0.2, 0) is 9.53 Å². The van der Waals surface area contributed by atoms with Crippen LogP contribution < -0.4 is 0 Å². The van der Waals surface area contributed by atoms with E-state index in [2.05, 4.69) is 20.8 Å². The maximum atomic E-state index is 10.2. The molecule has 2 heteroatoms. The Morgan fingerprint density at radius 1 is 1.42 bits per heavy atom. The first kappa shape index (κ1) is 9.56. The van der Waals surface area contributed by atoms with Crippen molar-refractivity contribution in [2.45, 2.75) is 46.1 Å². The van der Waals surface area contributed by atoms with Crippen molar-refractivity contribution >= 4 is 6.47 Å². The third-order valence-electron chi connectivity index (χ3n) is 2.59. The zero-order chi connectivity index (χ0) is 9.19. The molecule has 0 aromatic heterocycles. The van der Waals surface area contributed by atoms with Gasteiger partial charge in [0.15, 0.2) is 0 Å². The van der Waals surface area contributed by atoms with Crippen molar-refractivity contribution in [2.24, 2.45) is 11.3 Å². The molecule has 12 heavy (non-hydrogen) atoms. The SMILES string of the molecule is C[C@H]1C[C@@H](OC=O)CC(C)(C)C1. The Balaban J connectivity index is 2.51. The molecular weight excluding hydrogens is 152 g/mol. The van der Waals surface area contributed by atoms with E-state index in [0.717, 1.165) is 12.8 Å². The second-order valence-corrected chi connectivity index (χ2v) is 4.77. The van der Waals surface area contributed by atoms with Gasteiger partial charge in [-0.1, -0.05) is 20.8 Å². The second kappa shape index (κ2) is 3.46. The van der Waals surface area contributed by atoms with E-state index in [1.807, 2.05) is 0 Å². The fourth-order valence-electron chi connectivity index (χ4n) is 2.44. The lowest BCUT2D eigenvalue weighted by atomic mass is 9.71. The molecule has 0 bridgehead atoms. The monoisotopic (exact) mass is 170 g/mol. The highest BCUT2D eigenvalue weighted by molar-refractivity contribution is 5.37. The fourth-order valence-corrected chi connectivity index (χ4v) is 2.44.